The van der Waals surface area contributed by atoms with Gasteiger partial charge in [-0.3, -0.25) is 9.89 Å². The van der Waals surface area contributed by atoms with E-state index >= 15 is 0 Å². The number of benzene rings is 2. The lowest BCUT2D eigenvalue weighted by Crippen LogP contribution is -2.38. The third kappa shape index (κ3) is 3.20. The van der Waals surface area contributed by atoms with Crippen LogP contribution >= 0.6 is 11.6 Å². The van der Waals surface area contributed by atoms with Crippen LogP contribution in [0.4, 0.5) is 0 Å². The van der Waals surface area contributed by atoms with Crippen LogP contribution in [0.5, 0.6) is 0 Å². The van der Waals surface area contributed by atoms with E-state index in [1.54, 1.807) is 19.1 Å². The lowest BCUT2D eigenvalue weighted by atomic mass is 9.96. The highest BCUT2D eigenvalue weighted by Gasteiger charge is 2.43. The molecule has 2 heterocycles. The number of carbonyl (C=O) groups is 1. The van der Waals surface area contributed by atoms with E-state index in [0.29, 0.717) is 17.3 Å². The molecule has 0 bridgehead atoms. The molecule has 1 amide bonds. The molecule has 0 saturated carbocycles. The molecule has 0 fully saturated rings. The van der Waals surface area contributed by atoms with Crippen molar-refractivity contribution in [3.05, 3.63) is 76.4 Å². The maximum Gasteiger partial charge on any atom is 0.273 e. The first-order valence-electron chi connectivity index (χ1n) is 8.89. The van der Waals surface area contributed by atoms with Crippen LogP contribution in [0.3, 0.4) is 0 Å². The Bertz CT molecular complexity index is 968. The van der Waals surface area contributed by atoms with E-state index in [1.165, 1.54) is 0 Å². The molecule has 0 saturated heterocycles. The van der Waals surface area contributed by atoms with E-state index in [1.807, 2.05) is 54.6 Å². The van der Waals surface area contributed by atoms with Gasteiger partial charge in [0.05, 0.1) is 18.3 Å². The van der Waals surface area contributed by atoms with Gasteiger partial charge in [-0.25, -0.2) is 0 Å². The number of hydrogen-bond donors (Lipinski definition) is 1. The van der Waals surface area contributed by atoms with Crippen LogP contribution in [0.2, 0.25) is 5.02 Å². The van der Waals surface area contributed by atoms with E-state index in [2.05, 4.69) is 10.2 Å². The maximum absolute atomic E-state index is 13.2. The smallest absolute Gasteiger partial charge is 0.273 e. The van der Waals surface area contributed by atoms with Crippen LogP contribution in [0, 0.1) is 0 Å². The Morgan fingerprint density at radius 1 is 1.11 bits per heavy atom. The molecule has 1 aromatic heterocycles. The topological polar surface area (TPSA) is 67.5 Å². The number of aromatic nitrogens is 2. The van der Waals surface area contributed by atoms with Crippen LogP contribution in [-0.4, -0.2) is 48.1 Å². The number of methoxy groups -OCH3 is 2. The van der Waals surface area contributed by atoms with Gasteiger partial charge < -0.3 is 14.4 Å². The third-order valence-electron chi connectivity index (χ3n) is 4.97. The van der Waals surface area contributed by atoms with Crippen molar-refractivity contribution in [2.45, 2.75) is 12.3 Å². The van der Waals surface area contributed by atoms with Gasteiger partial charge >= 0.3 is 0 Å². The zero-order valence-electron chi connectivity index (χ0n) is 15.6. The number of aromatic amines is 1. The van der Waals surface area contributed by atoms with Gasteiger partial charge in [0.25, 0.3) is 5.91 Å². The molecule has 7 heteroatoms. The fourth-order valence-electron chi connectivity index (χ4n) is 3.60. The van der Waals surface area contributed by atoms with Crippen molar-refractivity contribution in [2.75, 3.05) is 20.8 Å². The summed E-state index contributed by atoms with van der Waals surface area (Å²) in [5, 5.41) is 8.02. The molecular formula is C21H20ClN3O3. The Morgan fingerprint density at radius 2 is 1.79 bits per heavy atom. The molecule has 3 aromatic rings. The minimum atomic E-state index is -0.522. The minimum absolute atomic E-state index is 0.129. The molecular weight excluding hydrogens is 378 g/mol. The van der Waals surface area contributed by atoms with Gasteiger partial charge in [-0.2, -0.15) is 5.10 Å². The molecule has 6 nitrogen and oxygen atoms in total. The van der Waals surface area contributed by atoms with Crippen molar-refractivity contribution >= 4 is 17.5 Å². The summed E-state index contributed by atoms with van der Waals surface area (Å²) in [6.07, 6.45) is -0.522. The number of hydrogen-bond acceptors (Lipinski definition) is 4. The molecule has 0 spiro atoms. The molecule has 144 valence electrons. The van der Waals surface area contributed by atoms with Crippen LogP contribution < -0.4 is 0 Å². The monoisotopic (exact) mass is 397 g/mol. The number of nitrogens with one attached hydrogen (secondary N) is 1. The highest BCUT2D eigenvalue weighted by Crippen LogP contribution is 2.42. The molecule has 1 atom stereocenters. The van der Waals surface area contributed by atoms with Crippen LogP contribution in [-0.2, 0) is 9.47 Å². The molecule has 1 aliphatic heterocycles. The summed E-state index contributed by atoms with van der Waals surface area (Å²) in [7, 11) is 3.12. The van der Waals surface area contributed by atoms with Gasteiger partial charge in [0.2, 0.25) is 0 Å². The number of amides is 1. The molecule has 1 N–H and O–H groups in total. The minimum Gasteiger partial charge on any atom is -0.354 e. The highest BCUT2D eigenvalue weighted by molar-refractivity contribution is 6.30. The van der Waals surface area contributed by atoms with Crippen LogP contribution in [0.15, 0.2) is 54.6 Å². The summed E-state index contributed by atoms with van der Waals surface area (Å²) in [6, 6.07) is 17.0. The number of carbonyl (C=O) groups excluding carboxylic acids is 1. The average molecular weight is 398 g/mol. The number of H-pyrrole nitrogens is 1. The Morgan fingerprint density at radius 3 is 2.43 bits per heavy atom. The normalized spacial score (nSPS) is 16.1. The van der Waals surface area contributed by atoms with Crippen molar-refractivity contribution in [1.29, 1.82) is 0 Å². The second-order valence-corrected chi connectivity index (χ2v) is 6.98. The first kappa shape index (κ1) is 18.7. The van der Waals surface area contributed by atoms with Gasteiger partial charge in [0, 0.05) is 30.4 Å². The van der Waals surface area contributed by atoms with Gasteiger partial charge in [-0.15, -0.1) is 0 Å². The predicted molar refractivity (Wildman–Crippen MR) is 106 cm³/mol. The van der Waals surface area contributed by atoms with Gasteiger partial charge in [0.1, 0.15) is 5.69 Å². The number of nitrogens with zero attached hydrogens (tertiary/aromatic N) is 2. The summed E-state index contributed by atoms with van der Waals surface area (Å²) < 4.78 is 10.7. The lowest BCUT2D eigenvalue weighted by Gasteiger charge is -2.29. The summed E-state index contributed by atoms with van der Waals surface area (Å²) in [6.45, 7) is 0.300. The first-order chi connectivity index (χ1) is 13.6. The summed E-state index contributed by atoms with van der Waals surface area (Å²) in [4.78, 5) is 14.9. The van der Waals surface area contributed by atoms with E-state index in [9.17, 15) is 4.79 Å². The number of fused-ring (bicyclic) bond motifs is 1. The van der Waals surface area contributed by atoms with E-state index in [0.717, 1.165) is 22.4 Å². The maximum atomic E-state index is 13.2. The Kier molecular flexibility index (Phi) is 5.17. The SMILES string of the molecule is COC(CN1C(=O)c2[nH]nc(-c3ccc(Cl)cc3)c2C1c1ccccc1)OC. The molecule has 4 rings (SSSR count). The number of rotatable bonds is 6. The van der Waals surface area contributed by atoms with Gasteiger partial charge in [0.15, 0.2) is 6.29 Å². The van der Waals surface area contributed by atoms with E-state index < -0.39 is 6.29 Å². The molecule has 1 aliphatic rings. The van der Waals surface area contributed by atoms with E-state index in [4.69, 9.17) is 21.1 Å². The quantitative estimate of drug-likeness (QED) is 0.641. The van der Waals surface area contributed by atoms with Crippen molar-refractivity contribution in [2.24, 2.45) is 0 Å². The first-order valence-corrected chi connectivity index (χ1v) is 9.27. The zero-order valence-corrected chi connectivity index (χ0v) is 16.3. The fraction of sp³-hybridized carbons (Fsp3) is 0.238. The molecule has 0 radical (unpaired) electrons. The molecule has 2 aromatic carbocycles. The molecule has 28 heavy (non-hydrogen) atoms. The van der Waals surface area contributed by atoms with Crippen LogP contribution in [0.1, 0.15) is 27.7 Å². The third-order valence-corrected chi connectivity index (χ3v) is 5.22. The standard InChI is InChI=1S/C21H20ClN3O3/c1-27-16(28-2)12-25-20(14-6-4-3-5-7-14)17-18(23-24-19(17)21(25)26)13-8-10-15(22)11-9-13/h3-11,16,20H,12H2,1-2H3,(H,23,24). The fourth-order valence-corrected chi connectivity index (χ4v) is 3.73. The summed E-state index contributed by atoms with van der Waals surface area (Å²) in [5.74, 6) is -0.129. The lowest BCUT2D eigenvalue weighted by molar-refractivity contribution is -0.113. The predicted octanol–water partition coefficient (Wildman–Crippen LogP) is 3.89. The number of halogens is 1. The largest absolute Gasteiger partial charge is 0.354 e. The summed E-state index contributed by atoms with van der Waals surface area (Å²) >= 11 is 6.03. The Hall–Kier alpha value is -2.67. The second kappa shape index (κ2) is 7.75. The Labute approximate surface area is 168 Å². The van der Waals surface area contributed by atoms with Crippen LogP contribution in [0.25, 0.3) is 11.3 Å². The highest BCUT2D eigenvalue weighted by atomic mass is 35.5. The summed E-state index contributed by atoms with van der Waals surface area (Å²) in [5.41, 5.74) is 3.97. The number of ether oxygens (including phenoxy) is 2. The van der Waals surface area contributed by atoms with Crippen molar-refractivity contribution in [1.82, 2.24) is 15.1 Å². The van der Waals surface area contributed by atoms with E-state index in [-0.39, 0.29) is 11.9 Å². The van der Waals surface area contributed by atoms with Gasteiger partial charge in [-0.1, -0.05) is 54.1 Å². The van der Waals surface area contributed by atoms with Crippen molar-refractivity contribution in [3.63, 3.8) is 0 Å². The van der Waals surface area contributed by atoms with Gasteiger partial charge in [-0.05, 0) is 17.7 Å². The molecule has 1 unspecified atom stereocenters. The van der Waals surface area contributed by atoms with Crippen molar-refractivity contribution in [3.8, 4) is 11.3 Å². The second-order valence-electron chi connectivity index (χ2n) is 6.54. The zero-order chi connectivity index (χ0) is 19.7. The molecule has 0 aliphatic carbocycles. The Balaban J connectivity index is 1.83. The average Bonchev–Trinajstić information content (AvgIpc) is 3.26. The van der Waals surface area contributed by atoms with Crippen molar-refractivity contribution < 1.29 is 14.3 Å².